The molecule has 158 valence electrons. The van der Waals surface area contributed by atoms with E-state index in [0.717, 1.165) is 51.9 Å². The van der Waals surface area contributed by atoms with E-state index in [-0.39, 0.29) is 11.4 Å². The van der Waals surface area contributed by atoms with Gasteiger partial charge in [-0.2, -0.15) is 0 Å². The Bertz CT molecular complexity index is 1350. The molecule has 1 aliphatic heterocycles. The Morgan fingerprint density at radius 1 is 1.19 bits per heavy atom. The van der Waals surface area contributed by atoms with Gasteiger partial charge in [0, 0.05) is 41.1 Å². The van der Waals surface area contributed by atoms with Crippen LogP contribution in [0, 0.1) is 25.6 Å². The fourth-order valence-electron chi connectivity index (χ4n) is 5.21. The Balaban J connectivity index is 1.59. The summed E-state index contributed by atoms with van der Waals surface area (Å²) in [7, 11) is 0. The topological polar surface area (TPSA) is 34.8 Å². The van der Waals surface area contributed by atoms with E-state index in [2.05, 4.69) is 64.6 Å². The molecule has 0 amide bonds. The monoisotopic (exact) mass is 414 g/mol. The number of nitrogens with one attached hydrogen (secondary N) is 1. The number of aryl methyl sites for hydroxylation is 1. The molecule has 2 aliphatic rings. The normalized spacial score (nSPS) is 16.8. The molecule has 3 heterocycles. The number of nitrogens with zero attached hydrogens (tertiary/aromatic N) is 3. The van der Waals surface area contributed by atoms with Crippen molar-refractivity contribution in [2.45, 2.75) is 52.6 Å². The lowest BCUT2D eigenvalue weighted by molar-refractivity contribution is 0.534. The molecule has 4 nitrogen and oxygen atoms in total. The highest BCUT2D eigenvalue weighted by atomic mass is 19.1. The van der Waals surface area contributed by atoms with E-state index in [0.29, 0.717) is 5.56 Å². The molecule has 1 aliphatic carbocycles. The van der Waals surface area contributed by atoms with Crippen LogP contribution in [0.3, 0.4) is 0 Å². The number of hydrogen-bond acceptors (Lipinski definition) is 2. The Kier molecular flexibility index (Phi) is 3.75. The molecule has 0 saturated heterocycles. The molecule has 1 saturated carbocycles. The number of benzene rings is 2. The van der Waals surface area contributed by atoms with Crippen molar-refractivity contribution in [3.8, 4) is 16.8 Å². The van der Waals surface area contributed by atoms with Gasteiger partial charge in [0.05, 0.1) is 16.9 Å². The van der Waals surface area contributed by atoms with Gasteiger partial charge in [0.25, 0.3) is 0 Å². The molecule has 5 heteroatoms. The van der Waals surface area contributed by atoms with Crippen LogP contribution in [-0.4, -0.2) is 14.1 Å². The van der Waals surface area contributed by atoms with E-state index < -0.39 is 0 Å². The van der Waals surface area contributed by atoms with Crippen molar-refractivity contribution >= 4 is 16.6 Å². The lowest BCUT2D eigenvalue weighted by Crippen LogP contribution is -2.36. The Hall–Kier alpha value is -3.08. The maximum Gasteiger partial charge on any atom is 0.138 e. The molecule has 1 fully saturated rings. The van der Waals surface area contributed by atoms with Crippen molar-refractivity contribution in [1.82, 2.24) is 14.1 Å². The van der Waals surface area contributed by atoms with Gasteiger partial charge in [-0.15, -0.1) is 0 Å². The Morgan fingerprint density at radius 3 is 2.77 bits per heavy atom. The van der Waals surface area contributed by atoms with Crippen molar-refractivity contribution in [3.63, 3.8) is 0 Å². The third-order valence-electron chi connectivity index (χ3n) is 6.90. The van der Waals surface area contributed by atoms with Crippen LogP contribution in [-0.2, 0) is 12.1 Å². The molecule has 0 atom stereocenters. The fraction of sp³-hybridized carbons (Fsp3) is 0.346. The lowest BCUT2D eigenvalue weighted by Gasteiger charge is -2.36. The number of imidazole rings is 1. The highest BCUT2D eigenvalue weighted by molar-refractivity contribution is 5.98. The maximum absolute atomic E-state index is 15.7. The summed E-state index contributed by atoms with van der Waals surface area (Å²) in [5, 5.41) is 4.62. The first kappa shape index (κ1) is 18.7. The van der Waals surface area contributed by atoms with Gasteiger partial charge in [0.2, 0.25) is 0 Å². The van der Waals surface area contributed by atoms with Crippen molar-refractivity contribution < 1.29 is 4.39 Å². The predicted molar refractivity (Wildman–Crippen MR) is 123 cm³/mol. The fourth-order valence-corrected chi connectivity index (χ4v) is 5.21. The molecule has 0 spiro atoms. The zero-order chi connectivity index (χ0) is 21.5. The van der Waals surface area contributed by atoms with Crippen LogP contribution in [0.1, 0.15) is 43.8 Å². The first-order valence-corrected chi connectivity index (χ1v) is 11.1. The second-order valence-corrected chi connectivity index (χ2v) is 9.71. The summed E-state index contributed by atoms with van der Waals surface area (Å²) in [6, 6.07) is 10.0. The first-order valence-electron chi connectivity index (χ1n) is 11.1. The summed E-state index contributed by atoms with van der Waals surface area (Å²) >= 11 is 0. The first-order chi connectivity index (χ1) is 14.8. The average Bonchev–Trinajstić information content (AvgIpc) is 3.30. The van der Waals surface area contributed by atoms with Crippen LogP contribution < -0.4 is 5.32 Å². The van der Waals surface area contributed by atoms with Gasteiger partial charge in [-0.05, 0) is 75.8 Å². The van der Waals surface area contributed by atoms with Gasteiger partial charge < -0.3 is 9.88 Å². The van der Waals surface area contributed by atoms with Crippen LogP contribution in [0.5, 0.6) is 0 Å². The summed E-state index contributed by atoms with van der Waals surface area (Å²) < 4.78 is 20.2. The van der Waals surface area contributed by atoms with Crippen LogP contribution >= 0.6 is 0 Å². The minimum Gasteiger partial charge on any atom is -0.371 e. The molecule has 2 aromatic carbocycles. The van der Waals surface area contributed by atoms with Crippen LogP contribution in [0.4, 0.5) is 10.1 Å². The van der Waals surface area contributed by atoms with Gasteiger partial charge in [-0.3, -0.25) is 4.57 Å². The van der Waals surface area contributed by atoms with E-state index in [1.807, 2.05) is 19.2 Å². The Labute approximate surface area is 181 Å². The Morgan fingerprint density at radius 2 is 2.00 bits per heavy atom. The summed E-state index contributed by atoms with van der Waals surface area (Å²) in [4.78, 5) is 4.66. The van der Waals surface area contributed by atoms with E-state index in [1.54, 1.807) is 6.07 Å². The number of hydrogen-bond donors (Lipinski definition) is 1. The SMILES string of the molecule is Cc1c(-c2cccc3c2ccn3CC2CC2)c(F)cc2c1-n1c(C)cnc1C(C)(C)N2. The molecule has 0 unspecified atom stereocenters. The zero-order valence-electron chi connectivity index (χ0n) is 18.5. The van der Waals surface area contributed by atoms with Gasteiger partial charge in [-0.25, -0.2) is 9.37 Å². The predicted octanol–water partition coefficient (Wildman–Crippen LogP) is 6.32. The molecular weight excluding hydrogens is 387 g/mol. The summed E-state index contributed by atoms with van der Waals surface area (Å²) in [5.74, 6) is 1.55. The smallest absolute Gasteiger partial charge is 0.138 e. The van der Waals surface area contributed by atoms with Gasteiger partial charge in [-0.1, -0.05) is 12.1 Å². The number of rotatable bonds is 3. The molecule has 0 radical (unpaired) electrons. The van der Waals surface area contributed by atoms with Gasteiger partial charge >= 0.3 is 0 Å². The average molecular weight is 415 g/mol. The minimum atomic E-state index is -0.373. The molecular formula is C26H27FN4. The number of halogens is 1. The van der Waals surface area contributed by atoms with Crippen molar-refractivity contribution in [1.29, 1.82) is 0 Å². The van der Waals surface area contributed by atoms with Crippen molar-refractivity contribution in [2.75, 3.05) is 5.32 Å². The standard InChI is InChI=1S/C26H27FN4/c1-15-13-28-25-26(3,4)29-21-12-20(27)23(16(2)24(21)31(15)25)19-6-5-7-22-18(19)10-11-30(22)14-17-8-9-17/h5-7,10-13,17,29H,8-9,14H2,1-4H3. The summed E-state index contributed by atoms with van der Waals surface area (Å²) in [6.45, 7) is 9.30. The molecule has 2 aromatic heterocycles. The van der Waals surface area contributed by atoms with E-state index >= 15 is 4.39 Å². The zero-order valence-corrected chi connectivity index (χ0v) is 18.5. The second-order valence-electron chi connectivity index (χ2n) is 9.71. The number of aromatic nitrogens is 3. The number of fused-ring (bicyclic) bond motifs is 4. The van der Waals surface area contributed by atoms with E-state index in [4.69, 9.17) is 0 Å². The molecule has 4 aromatic rings. The van der Waals surface area contributed by atoms with Gasteiger partial charge in [0.1, 0.15) is 11.6 Å². The van der Waals surface area contributed by atoms with Gasteiger partial charge in [0.15, 0.2) is 0 Å². The third-order valence-corrected chi connectivity index (χ3v) is 6.90. The van der Waals surface area contributed by atoms with Crippen molar-refractivity contribution in [3.05, 3.63) is 65.6 Å². The van der Waals surface area contributed by atoms with Crippen LogP contribution in [0.15, 0.2) is 42.7 Å². The van der Waals surface area contributed by atoms with E-state index in [9.17, 15) is 0 Å². The molecule has 6 rings (SSSR count). The quantitative estimate of drug-likeness (QED) is 0.426. The maximum atomic E-state index is 15.7. The van der Waals surface area contributed by atoms with Crippen molar-refractivity contribution in [2.24, 2.45) is 5.92 Å². The third kappa shape index (κ3) is 2.68. The summed E-state index contributed by atoms with van der Waals surface area (Å²) in [6.07, 6.45) is 6.68. The molecule has 31 heavy (non-hydrogen) atoms. The van der Waals surface area contributed by atoms with Crippen LogP contribution in [0.2, 0.25) is 0 Å². The minimum absolute atomic E-state index is 0.191. The highest BCUT2D eigenvalue weighted by Gasteiger charge is 2.35. The highest BCUT2D eigenvalue weighted by Crippen LogP contribution is 2.44. The molecule has 0 bridgehead atoms. The molecule has 1 N–H and O–H groups in total. The number of anilines is 1. The summed E-state index contributed by atoms with van der Waals surface area (Å²) in [5.41, 5.74) is 6.23. The van der Waals surface area contributed by atoms with Crippen LogP contribution in [0.25, 0.3) is 27.7 Å². The second kappa shape index (κ2) is 6.22. The van der Waals surface area contributed by atoms with E-state index in [1.165, 1.54) is 18.4 Å². The largest absolute Gasteiger partial charge is 0.371 e. The lowest BCUT2D eigenvalue weighted by atomic mass is 9.92.